The minimum Gasteiger partial charge on any atom is -0.301 e. The van der Waals surface area contributed by atoms with E-state index < -0.39 is 6.43 Å². The van der Waals surface area contributed by atoms with E-state index in [1.165, 1.54) is 12.4 Å². The third-order valence-electron chi connectivity index (χ3n) is 3.57. The average Bonchev–Trinajstić information content (AvgIpc) is 2.39. The number of likely N-dealkylation sites (tertiary alicyclic amines) is 1. The second kappa shape index (κ2) is 5.69. The highest BCUT2D eigenvalue weighted by Crippen LogP contribution is 2.27. The third-order valence-corrected chi connectivity index (χ3v) is 3.57. The van der Waals surface area contributed by atoms with Gasteiger partial charge in [0.05, 0.1) is 5.56 Å². The van der Waals surface area contributed by atoms with Gasteiger partial charge in [0.1, 0.15) is 5.82 Å². The Morgan fingerprint density at radius 1 is 1.17 bits per heavy atom. The summed E-state index contributed by atoms with van der Waals surface area (Å²) in [5.41, 5.74) is -0.0987. The lowest BCUT2D eigenvalue weighted by atomic mass is 9.95. The van der Waals surface area contributed by atoms with Gasteiger partial charge in [-0.1, -0.05) is 0 Å². The van der Waals surface area contributed by atoms with E-state index in [0.717, 1.165) is 25.9 Å². The zero-order chi connectivity index (χ0) is 13.1. The van der Waals surface area contributed by atoms with Gasteiger partial charge in [0, 0.05) is 24.4 Å². The summed E-state index contributed by atoms with van der Waals surface area (Å²) in [6.45, 7) is 6.44. The van der Waals surface area contributed by atoms with Gasteiger partial charge in [-0.05, 0) is 39.8 Å². The second-order valence-corrected chi connectivity index (χ2v) is 5.08. The van der Waals surface area contributed by atoms with E-state index in [4.69, 9.17) is 0 Å². The molecule has 1 aliphatic heterocycles. The van der Waals surface area contributed by atoms with Crippen LogP contribution in [-0.2, 0) is 0 Å². The Labute approximate surface area is 106 Å². The van der Waals surface area contributed by atoms with E-state index in [0.29, 0.717) is 17.8 Å². The first-order valence-corrected chi connectivity index (χ1v) is 6.42. The fraction of sp³-hybridized carbons (Fsp3) is 0.692. The van der Waals surface area contributed by atoms with E-state index in [1.54, 1.807) is 0 Å². The predicted molar refractivity (Wildman–Crippen MR) is 65.7 cm³/mol. The number of rotatable bonds is 3. The summed E-state index contributed by atoms with van der Waals surface area (Å²) in [4.78, 5) is 10.6. The quantitative estimate of drug-likeness (QED) is 0.831. The molecule has 2 heterocycles. The van der Waals surface area contributed by atoms with Crippen LogP contribution in [0, 0.1) is 0 Å². The second-order valence-electron chi connectivity index (χ2n) is 5.08. The molecule has 1 aromatic rings. The van der Waals surface area contributed by atoms with Crippen LogP contribution in [0.3, 0.4) is 0 Å². The third kappa shape index (κ3) is 3.02. The highest BCUT2D eigenvalue weighted by Gasteiger charge is 2.24. The van der Waals surface area contributed by atoms with Crippen LogP contribution in [0.2, 0.25) is 0 Å². The summed E-state index contributed by atoms with van der Waals surface area (Å²) >= 11 is 0. The fourth-order valence-corrected chi connectivity index (χ4v) is 2.35. The molecule has 1 fully saturated rings. The average molecular weight is 255 g/mol. The van der Waals surface area contributed by atoms with Gasteiger partial charge >= 0.3 is 0 Å². The molecule has 0 unspecified atom stereocenters. The molecule has 2 rings (SSSR count). The maximum absolute atomic E-state index is 12.4. The Hall–Kier alpha value is -1.10. The van der Waals surface area contributed by atoms with Gasteiger partial charge in [0.2, 0.25) is 0 Å². The molecule has 100 valence electrons. The number of nitrogens with zero attached hydrogens (tertiary/aromatic N) is 3. The molecule has 1 saturated heterocycles. The number of hydrogen-bond donors (Lipinski definition) is 0. The maximum atomic E-state index is 12.4. The van der Waals surface area contributed by atoms with Gasteiger partial charge in [-0.3, -0.25) is 0 Å². The van der Waals surface area contributed by atoms with Gasteiger partial charge < -0.3 is 4.90 Å². The first-order chi connectivity index (χ1) is 8.58. The minimum absolute atomic E-state index is 0.0987. The summed E-state index contributed by atoms with van der Waals surface area (Å²) in [6, 6.07) is 0.563. The number of hydrogen-bond acceptors (Lipinski definition) is 3. The van der Waals surface area contributed by atoms with Crippen molar-refractivity contribution in [1.82, 2.24) is 14.9 Å². The van der Waals surface area contributed by atoms with E-state index in [-0.39, 0.29) is 5.56 Å². The Morgan fingerprint density at radius 3 is 2.17 bits per heavy atom. The van der Waals surface area contributed by atoms with Crippen LogP contribution in [0.25, 0.3) is 0 Å². The SMILES string of the molecule is CC(C)N1CCC(c2ncc(C(F)F)cn2)CC1. The van der Waals surface area contributed by atoms with Crippen molar-refractivity contribution < 1.29 is 8.78 Å². The van der Waals surface area contributed by atoms with Crippen LogP contribution in [0.5, 0.6) is 0 Å². The molecule has 18 heavy (non-hydrogen) atoms. The van der Waals surface area contributed by atoms with Gasteiger partial charge in [-0.2, -0.15) is 0 Å². The largest absolute Gasteiger partial charge is 0.301 e. The zero-order valence-electron chi connectivity index (χ0n) is 10.8. The van der Waals surface area contributed by atoms with Crippen molar-refractivity contribution in [3.63, 3.8) is 0 Å². The molecule has 3 nitrogen and oxygen atoms in total. The van der Waals surface area contributed by atoms with Crippen molar-refractivity contribution in [3.05, 3.63) is 23.8 Å². The molecule has 0 radical (unpaired) electrons. The summed E-state index contributed by atoms with van der Waals surface area (Å²) in [7, 11) is 0. The lowest BCUT2D eigenvalue weighted by molar-refractivity contribution is 0.150. The van der Waals surface area contributed by atoms with Crippen molar-refractivity contribution in [2.75, 3.05) is 13.1 Å². The molecule has 1 aromatic heterocycles. The molecule has 0 bridgehead atoms. The Kier molecular flexibility index (Phi) is 4.22. The predicted octanol–water partition coefficient (Wildman–Crippen LogP) is 3.00. The molecule has 0 spiro atoms. The lowest BCUT2D eigenvalue weighted by Crippen LogP contribution is -2.38. The lowest BCUT2D eigenvalue weighted by Gasteiger charge is -2.33. The topological polar surface area (TPSA) is 29.0 Å². The molecule has 5 heteroatoms. The standard InChI is InChI=1S/C13H19F2N3/c1-9(2)18-5-3-10(4-6-18)13-16-7-11(8-17-13)12(14)15/h7-10,12H,3-6H2,1-2H3. The molecule has 0 saturated carbocycles. The van der Waals surface area contributed by atoms with Crippen LogP contribution in [0.4, 0.5) is 8.78 Å². The molecule has 0 aliphatic carbocycles. The molecule has 0 aromatic carbocycles. The first-order valence-electron chi connectivity index (χ1n) is 6.42. The van der Waals surface area contributed by atoms with Gasteiger partial charge in [0.15, 0.2) is 0 Å². The minimum atomic E-state index is -2.48. The van der Waals surface area contributed by atoms with E-state index in [9.17, 15) is 8.78 Å². The number of aromatic nitrogens is 2. The van der Waals surface area contributed by atoms with Crippen molar-refractivity contribution in [2.45, 2.75) is 45.1 Å². The molecular weight excluding hydrogens is 236 g/mol. The molecule has 0 amide bonds. The van der Waals surface area contributed by atoms with Crippen molar-refractivity contribution in [1.29, 1.82) is 0 Å². The highest BCUT2D eigenvalue weighted by atomic mass is 19.3. The zero-order valence-corrected chi connectivity index (χ0v) is 10.8. The summed E-state index contributed by atoms with van der Waals surface area (Å²) < 4.78 is 24.8. The van der Waals surface area contributed by atoms with Crippen molar-refractivity contribution in [3.8, 4) is 0 Å². The summed E-state index contributed by atoms with van der Waals surface area (Å²) in [5, 5.41) is 0. The van der Waals surface area contributed by atoms with E-state index in [2.05, 4.69) is 28.7 Å². The Balaban J connectivity index is 1.97. The first kappa shape index (κ1) is 13.3. The Morgan fingerprint density at radius 2 is 1.72 bits per heavy atom. The molecule has 0 atom stereocenters. The highest BCUT2D eigenvalue weighted by molar-refractivity contribution is 5.09. The van der Waals surface area contributed by atoms with Crippen molar-refractivity contribution in [2.24, 2.45) is 0 Å². The maximum Gasteiger partial charge on any atom is 0.266 e. The van der Waals surface area contributed by atoms with Crippen LogP contribution >= 0.6 is 0 Å². The molecular formula is C13H19F2N3. The molecule has 0 N–H and O–H groups in total. The van der Waals surface area contributed by atoms with E-state index in [1.807, 2.05) is 0 Å². The number of alkyl halides is 2. The van der Waals surface area contributed by atoms with Crippen LogP contribution < -0.4 is 0 Å². The van der Waals surface area contributed by atoms with Gasteiger partial charge in [-0.15, -0.1) is 0 Å². The summed E-state index contributed by atoms with van der Waals surface area (Å²) in [5.74, 6) is 1.02. The van der Waals surface area contributed by atoms with E-state index >= 15 is 0 Å². The van der Waals surface area contributed by atoms with Crippen LogP contribution in [-0.4, -0.2) is 34.0 Å². The van der Waals surface area contributed by atoms with Crippen LogP contribution in [0.15, 0.2) is 12.4 Å². The van der Waals surface area contributed by atoms with Gasteiger partial charge in [0.25, 0.3) is 6.43 Å². The Bertz CT molecular complexity index is 370. The number of halogens is 2. The summed E-state index contributed by atoms with van der Waals surface area (Å²) in [6.07, 6.45) is 2.03. The van der Waals surface area contributed by atoms with Gasteiger partial charge in [-0.25, -0.2) is 18.7 Å². The normalized spacial score (nSPS) is 18.8. The molecule has 1 aliphatic rings. The number of piperidine rings is 1. The van der Waals surface area contributed by atoms with Crippen molar-refractivity contribution >= 4 is 0 Å². The smallest absolute Gasteiger partial charge is 0.266 e. The van der Waals surface area contributed by atoms with Crippen LogP contribution in [0.1, 0.15) is 50.4 Å². The fourth-order valence-electron chi connectivity index (χ4n) is 2.35. The monoisotopic (exact) mass is 255 g/mol.